The van der Waals surface area contributed by atoms with E-state index in [2.05, 4.69) is 4.72 Å². The van der Waals surface area contributed by atoms with Crippen LogP contribution in [0.4, 0.5) is 10.1 Å². The van der Waals surface area contributed by atoms with E-state index in [9.17, 15) is 22.9 Å². The second kappa shape index (κ2) is 5.52. The average Bonchev–Trinajstić information content (AvgIpc) is 2.28. The third-order valence-electron chi connectivity index (χ3n) is 1.96. The number of nitriles is 1. The number of nitro groups is 1. The molecule has 0 radical (unpaired) electrons. The number of sulfonamides is 1. The minimum atomic E-state index is -3.96. The Morgan fingerprint density at radius 3 is 2.67 bits per heavy atom. The van der Waals surface area contributed by atoms with Gasteiger partial charge in [-0.3, -0.25) is 10.1 Å². The number of hydrogen-bond acceptors (Lipinski definition) is 5. The highest BCUT2D eigenvalue weighted by molar-refractivity contribution is 7.89. The molecule has 1 aromatic carbocycles. The molecule has 7 nitrogen and oxygen atoms in total. The number of nitro benzene ring substituents is 1. The first kappa shape index (κ1) is 14.0. The molecule has 9 heteroatoms. The minimum absolute atomic E-state index is 0.0330. The van der Waals surface area contributed by atoms with Crippen molar-refractivity contribution in [3.8, 4) is 6.07 Å². The summed E-state index contributed by atoms with van der Waals surface area (Å²) in [5.41, 5.74) is -0.800. The van der Waals surface area contributed by atoms with E-state index in [1.807, 2.05) is 0 Å². The van der Waals surface area contributed by atoms with Crippen LogP contribution in [0.25, 0.3) is 0 Å². The van der Waals surface area contributed by atoms with Gasteiger partial charge in [-0.1, -0.05) is 0 Å². The highest BCUT2D eigenvalue weighted by Gasteiger charge is 2.20. The molecule has 0 atom stereocenters. The lowest BCUT2D eigenvalue weighted by molar-refractivity contribution is -0.387. The van der Waals surface area contributed by atoms with Crippen molar-refractivity contribution in [1.82, 2.24) is 4.72 Å². The molecule has 0 saturated carbocycles. The quantitative estimate of drug-likeness (QED) is 0.487. The van der Waals surface area contributed by atoms with Crippen molar-refractivity contribution >= 4 is 15.7 Å². The number of halogens is 1. The molecule has 0 amide bonds. The van der Waals surface area contributed by atoms with Crippen molar-refractivity contribution < 1.29 is 17.7 Å². The first-order chi connectivity index (χ1) is 8.38. The zero-order valence-corrected chi connectivity index (χ0v) is 9.78. The molecule has 1 rings (SSSR count). The molecular formula is C9H8FN3O4S. The van der Waals surface area contributed by atoms with Gasteiger partial charge in [-0.15, -0.1) is 0 Å². The van der Waals surface area contributed by atoms with Crippen molar-refractivity contribution in [3.05, 3.63) is 34.1 Å². The summed E-state index contributed by atoms with van der Waals surface area (Å²) in [5, 5.41) is 18.6. The summed E-state index contributed by atoms with van der Waals surface area (Å²) in [6.07, 6.45) is -0.0330. The molecule has 0 aliphatic carbocycles. The third kappa shape index (κ3) is 3.22. The predicted octanol–water partition coefficient (Wildman–Crippen LogP) is 0.926. The van der Waals surface area contributed by atoms with Crippen molar-refractivity contribution in [2.75, 3.05) is 6.54 Å². The zero-order valence-electron chi connectivity index (χ0n) is 8.96. The number of rotatable bonds is 5. The summed E-state index contributed by atoms with van der Waals surface area (Å²) in [4.78, 5) is 8.98. The van der Waals surface area contributed by atoms with Gasteiger partial charge in [-0.2, -0.15) is 9.65 Å². The molecule has 0 fully saturated rings. The Hall–Kier alpha value is -2.05. The molecule has 18 heavy (non-hydrogen) atoms. The molecular weight excluding hydrogens is 265 g/mol. The van der Waals surface area contributed by atoms with Gasteiger partial charge in [0, 0.05) is 25.1 Å². The van der Waals surface area contributed by atoms with Crippen LogP contribution in [-0.2, 0) is 10.0 Å². The zero-order chi connectivity index (χ0) is 13.8. The highest BCUT2D eigenvalue weighted by atomic mass is 32.2. The van der Waals surface area contributed by atoms with Crippen molar-refractivity contribution in [3.63, 3.8) is 0 Å². The lowest BCUT2D eigenvalue weighted by Gasteiger charge is -2.04. The van der Waals surface area contributed by atoms with Gasteiger partial charge in [0.1, 0.15) is 0 Å². The van der Waals surface area contributed by atoms with Crippen molar-refractivity contribution in [2.45, 2.75) is 11.3 Å². The Bertz CT molecular complexity index is 609. The summed E-state index contributed by atoms with van der Waals surface area (Å²) in [6.45, 7) is -0.114. The second-order valence-corrected chi connectivity index (χ2v) is 4.94. The van der Waals surface area contributed by atoms with E-state index in [0.29, 0.717) is 6.07 Å². The minimum Gasteiger partial charge on any atom is -0.258 e. The number of hydrogen-bond donors (Lipinski definition) is 1. The van der Waals surface area contributed by atoms with Gasteiger partial charge in [0.25, 0.3) is 0 Å². The van der Waals surface area contributed by atoms with Crippen LogP contribution in [0.3, 0.4) is 0 Å². The molecule has 0 unspecified atom stereocenters. The summed E-state index contributed by atoms with van der Waals surface area (Å²) >= 11 is 0. The molecule has 96 valence electrons. The molecule has 1 aromatic rings. The molecule has 1 N–H and O–H groups in total. The maximum atomic E-state index is 13.2. The van der Waals surface area contributed by atoms with Gasteiger partial charge < -0.3 is 0 Å². The van der Waals surface area contributed by atoms with Crippen LogP contribution in [-0.4, -0.2) is 19.9 Å². The Morgan fingerprint density at radius 1 is 1.50 bits per heavy atom. The molecule has 0 aliphatic heterocycles. The maximum Gasteiger partial charge on any atom is 0.304 e. The topological polar surface area (TPSA) is 113 Å². The molecule has 0 heterocycles. The first-order valence-corrected chi connectivity index (χ1v) is 6.17. The maximum absolute atomic E-state index is 13.2. The molecule has 0 aliphatic rings. The fourth-order valence-electron chi connectivity index (χ4n) is 1.13. The van der Waals surface area contributed by atoms with E-state index in [4.69, 9.17) is 5.26 Å². The Balaban J connectivity index is 3.01. The van der Waals surface area contributed by atoms with Gasteiger partial charge in [-0.25, -0.2) is 13.1 Å². The predicted molar refractivity (Wildman–Crippen MR) is 58.5 cm³/mol. The van der Waals surface area contributed by atoms with E-state index >= 15 is 0 Å². The van der Waals surface area contributed by atoms with Crippen LogP contribution < -0.4 is 4.72 Å². The van der Waals surface area contributed by atoms with Crippen LogP contribution in [0.2, 0.25) is 0 Å². The van der Waals surface area contributed by atoms with E-state index in [1.165, 1.54) is 0 Å². The number of nitrogens with zero attached hydrogens (tertiary/aromatic N) is 2. The fraction of sp³-hybridized carbons (Fsp3) is 0.222. The van der Waals surface area contributed by atoms with Crippen LogP contribution in [0, 0.1) is 27.3 Å². The Morgan fingerprint density at radius 2 is 2.17 bits per heavy atom. The standard InChI is InChI=1S/C9H8FN3O4S/c10-8-6-7(2-3-9(8)13(14)15)18(16,17)12-5-1-4-11/h2-3,6,12H,1,5H2. The summed E-state index contributed by atoms with van der Waals surface area (Å²) in [7, 11) is -3.96. The summed E-state index contributed by atoms with van der Waals surface area (Å²) in [6, 6.07) is 4.00. The van der Waals surface area contributed by atoms with Crippen LogP contribution in [0.5, 0.6) is 0 Å². The van der Waals surface area contributed by atoms with Gasteiger partial charge in [0.15, 0.2) is 0 Å². The highest BCUT2D eigenvalue weighted by Crippen LogP contribution is 2.20. The summed E-state index contributed by atoms with van der Waals surface area (Å²) < 4.78 is 38.5. The Kier molecular flexibility index (Phi) is 4.30. The van der Waals surface area contributed by atoms with Crippen LogP contribution >= 0.6 is 0 Å². The van der Waals surface area contributed by atoms with Gasteiger partial charge in [-0.05, 0) is 6.07 Å². The van der Waals surface area contributed by atoms with Crippen LogP contribution in [0.15, 0.2) is 23.1 Å². The van der Waals surface area contributed by atoms with Gasteiger partial charge in [0.05, 0.1) is 15.9 Å². The number of nitrogens with one attached hydrogen (secondary N) is 1. The lowest BCUT2D eigenvalue weighted by atomic mass is 10.3. The van der Waals surface area contributed by atoms with Crippen molar-refractivity contribution in [1.29, 1.82) is 5.26 Å². The fourth-order valence-corrected chi connectivity index (χ4v) is 2.17. The van der Waals surface area contributed by atoms with E-state index in [1.54, 1.807) is 6.07 Å². The molecule has 0 spiro atoms. The SMILES string of the molecule is N#CCCNS(=O)(=O)c1ccc([N+](=O)[O-])c(F)c1. The smallest absolute Gasteiger partial charge is 0.258 e. The van der Waals surface area contributed by atoms with Crippen molar-refractivity contribution in [2.24, 2.45) is 0 Å². The van der Waals surface area contributed by atoms with Gasteiger partial charge >= 0.3 is 5.69 Å². The molecule has 0 aromatic heterocycles. The van der Waals surface area contributed by atoms with E-state index < -0.39 is 31.3 Å². The lowest BCUT2D eigenvalue weighted by Crippen LogP contribution is -2.24. The third-order valence-corrected chi connectivity index (χ3v) is 3.41. The molecule has 0 saturated heterocycles. The normalized spacial score (nSPS) is 10.9. The second-order valence-electron chi connectivity index (χ2n) is 3.18. The van der Waals surface area contributed by atoms with Gasteiger partial charge in [0.2, 0.25) is 15.8 Å². The molecule has 0 bridgehead atoms. The largest absolute Gasteiger partial charge is 0.304 e. The average molecular weight is 273 g/mol. The summed E-state index contributed by atoms with van der Waals surface area (Å²) in [5.74, 6) is -1.23. The van der Waals surface area contributed by atoms with Crippen LogP contribution in [0.1, 0.15) is 6.42 Å². The van der Waals surface area contributed by atoms with E-state index in [-0.39, 0.29) is 13.0 Å². The monoisotopic (exact) mass is 273 g/mol. The first-order valence-electron chi connectivity index (χ1n) is 4.69. The number of benzene rings is 1. The van der Waals surface area contributed by atoms with E-state index in [0.717, 1.165) is 12.1 Å². The Labute approximate surface area is 102 Å².